The number of carboxylic acids is 1. The number of benzene rings is 1. The molecule has 1 saturated heterocycles. The van der Waals surface area contributed by atoms with Crippen molar-refractivity contribution in [2.45, 2.75) is 4.90 Å². The van der Waals surface area contributed by atoms with Crippen molar-refractivity contribution in [1.82, 2.24) is 4.31 Å². The summed E-state index contributed by atoms with van der Waals surface area (Å²) in [5, 5.41) is 8.59. The lowest BCUT2D eigenvalue weighted by Crippen LogP contribution is -2.41. The fourth-order valence-electron chi connectivity index (χ4n) is 1.96. The van der Waals surface area contributed by atoms with Crippen LogP contribution in [0.15, 0.2) is 35.2 Å². The molecular formula is C13H15NO5S2. The number of hydrogen-bond donors (Lipinski definition) is 1. The Morgan fingerprint density at radius 3 is 2.57 bits per heavy atom. The largest absolute Gasteiger partial charge is 0.478 e. The highest BCUT2D eigenvalue weighted by atomic mass is 32.2. The van der Waals surface area contributed by atoms with Gasteiger partial charge in [0.1, 0.15) is 0 Å². The summed E-state index contributed by atoms with van der Waals surface area (Å²) in [4.78, 5) is 10.6. The number of carboxylic acid groups (broad SMARTS) is 1. The van der Waals surface area contributed by atoms with Gasteiger partial charge in [0, 0.05) is 41.5 Å². The molecule has 8 heteroatoms. The van der Waals surface area contributed by atoms with E-state index in [0.717, 1.165) is 6.08 Å². The second kappa shape index (κ2) is 6.50. The minimum absolute atomic E-state index is 0.114. The molecule has 1 aliphatic heterocycles. The van der Waals surface area contributed by atoms with Gasteiger partial charge >= 0.3 is 5.97 Å². The summed E-state index contributed by atoms with van der Waals surface area (Å²) in [5.74, 6) is -0.405. The summed E-state index contributed by atoms with van der Waals surface area (Å²) in [6, 6.07) is 6.10. The first-order valence-corrected chi connectivity index (χ1v) is 9.18. The minimum Gasteiger partial charge on any atom is -0.478 e. The standard InChI is InChI=1S/C13H15NO5S2/c15-13(16)5-4-11-2-1-3-12(10-11)21(18,19)14-6-8-20(17)9-7-14/h1-5,10H,6-9H2,(H,15,16). The van der Waals surface area contributed by atoms with Crippen LogP contribution in [0.3, 0.4) is 0 Å². The number of sulfonamides is 1. The second-order valence-corrected chi connectivity index (χ2v) is 8.13. The highest BCUT2D eigenvalue weighted by Gasteiger charge is 2.27. The molecule has 0 saturated carbocycles. The van der Waals surface area contributed by atoms with Crippen LogP contribution in [-0.4, -0.2) is 52.6 Å². The van der Waals surface area contributed by atoms with E-state index in [0.29, 0.717) is 17.1 Å². The van der Waals surface area contributed by atoms with Crippen molar-refractivity contribution in [3.8, 4) is 0 Å². The molecule has 0 atom stereocenters. The Kier molecular flexibility index (Phi) is 4.92. The maximum Gasteiger partial charge on any atom is 0.328 e. The van der Waals surface area contributed by atoms with Crippen LogP contribution in [0.1, 0.15) is 5.56 Å². The van der Waals surface area contributed by atoms with Gasteiger partial charge in [0.25, 0.3) is 0 Å². The number of nitrogens with zero attached hydrogens (tertiary/aromatic N) is 1. The Balaban J connectivity index is 2.26. The highest BCUT2D eigenvalue weighted by Crippen LogP contribution is 2.19. The zero-order valence-electron chi connectivity index (χ0n) is 11.1. The van der Waals surface area contributed by atoms with Gasteiger partial charge in [0.2, 0.25) is 10.0 Å². The number of rotatable bonds is 4. The molecule has 6 nitrogen and oxygen atoms in total. The third-order valence-corrected chi connectivity index (χ3v) is 6.22. The lowest BCUT2D eigenvalue weighted by Gasteiger charge is -2.25. The van der Waals surface area contributed by atoms with Crippen LogP contribution in [-0.2, 0) is 25.6 Å². The van der Waals surface area contributed by atoms with E-state index in [1.54, 1.807) is 12.1 Å². The summed E-state index contributed by atoms with van der Waals surface area (Å²) in [6.45, 7) is 0.480. The Hall–Kier alpha value is -1.51. The van der Waals surface area contributed by atoms with Crippen LogP contribution in [0.4, 0.5) is 0 Å². The van der Waals surface area contributed by atoms with E-state index in [1.807, 2.05) is 0 Å². The molecule has 0 spiro atoms. The molecule has 114 valence electrons. The van der Waals surface area contributed by atoms with Gasteiger partial charge in [-0.15, -0.1) is 0 Å². The van der Waals surface area contributed by atoms with E-state index in [9.17, 15) is 17.4 Å². The lowest BCUT2D eigenvalue weighted by molar-refractivity contribution is -0.131. The molecule has 1 fully saturated rings. The van der Waals surface area contributed by atoms with Gasteiger partial charge in [0.15, 0.2) is 0 Å². The first kappa shape index (κ1) is 15.9. The monoisotopic (exact) mass is 329 g/mol. The van der Waals surface area contributed by atoms with Crippen LogP contribution in [0.5, 0.6) is 0 Å². The van der Waals surface area contributed by atoms with Gasteiger partial charge in [0.05, 0.1) is 4.90 Å². The van der Waals surface area contributed by atoms with Gasteiger partial charge in [-0.1, -0.05) is 12.1 Å². The normalized spacial score (nSPS) is 18.1. The van der Waals surface area contributed by atoms with Crippen LogP contribution in [0, 0.1) is 0 Å². The van der Waals surface area contributed by atoms with E-state index >= 15 is 0 Å². The van der Waals surface area contributed by atoms with Crippen LogP contribution < -0.4 is 0 Å². The Morgan fingerprint density at radius 1 is 1.29 bits per heavy atom. The predicted octanol–water partition coefficient (Wildman–Crippen LogP) is 0.537. The third kappa shape index (κ3) is 3.99. The van der Waals surface area contributed by atoms with Crippen LogP contribution in [0.25, 0.3) is 6.08 Å². The van der Waals surface area contributed by atoms with Crippen molar-refractivity contribution < 1.29 is 22.5 Å². The molecule has 1 N–H and O–H groups in total. The molecule has 1 aromatic carbocycles. The Morgan fingerprint density at radius 2 is 1.95 bits per heavy atom. The predicted molar refractivity (Wildman–Crippen MR) is 79.7 cm³/mol. The van der Waals surface area contributed by atoms with Crippen molar-refractivity contribution in [2.75, 3.05) is 24.6 Å². The molecule has 0 amide bonds. The molecule has 1 heterocycles. The zero-order chi connectivity index (χ0) is 15.5. The number of aliphatic carboxylic acids is 1. The van der Waals surface area contributed by atoms with Crippen molar-refractivity contribution >= 4 is 32.9 Å². The smallest absolute Gasteiger partial charge is 0.328 e. The fourth-order valence-corrected chi connectivity index (χ4v) is 4.74. The molecule has 0 aliphatic carbocycles. The van der Waals surface area contributed by atoms with Gasteiger partial charge in [-0.3, -0.25) is 4.21 Å². The summed E-state index contributed by atoms with van der Waals surface area (Å²) < 4.78 is 37.6. The maximum atomic E-state index is 12.5. The van der Waals surface area contributed by atoms with Gasteiger partial charge in [-0.2, -0.15) is 4.31 Å². The van der Waals surface area contributed by atoms with Gasteiger partial charge in [-0.05, 0) is 23.8 Å². The molecule has 1 aliphatic rings. The van der Waals surface area contributed by atoms with Crippen molar-refractivity contribution in [1.29, 1.82) is 0 Å². The number of hydrogen-bond acceptors (Lipinski definition) is 4. The van der Waals surface area contributed by atoms with E-state index in [-0.39, 0.29) is 18.0 Å². The molecule has 0 aromatic heterocycles. The lowest BCUT2D eigenvalue weighted by atomic mass is 10.2. The van der Waals surface area contributed by atoms with Crippen LogP contribution in [0.2, 0.25) is 0 Å². The first-order valence-electron chi connectivity index (χ1n) is 6.26. The Bertz CT molecular complexity index is 686. The maximum absolute atomic E-state index is 12.5. The average Bonchev–Trinajstić information content (AvgIpc) is 2.46. The van der Waals surface area contributed by atoms with Crippen LogP contribution >= 0.6 is 0 Å². The molecule has 0 unspecified atom stereocenters. The average molecular weight is 329 g/mol. The van der Waals surface area contributed by atoms with Crippen molar-refractivity contribution in [3.05, 3.63) is 35.9 Å². The molecule has 21 heavy (non-hydrogen) atoms. The Labute approximate surface area is 125 Å². The fraction of sp³-hybridized carbons (Fsp3) is 0.308. The molecular weight excluding hydrogens is 314 g/mol. The minimum atomic E-state index is -3.63. The van der Waals surface area contributed by atoms with E-state index < -0.39 is 26.8 Å². The topological polar surface area (TPSA) is 91.8 Å². The zero-order valence-corrected chi connectivity index (χ0v) is 12.8. The number of carbonyl (C=O) groups is 1. The molecule has 1 aromatic rings. The SMILES string of the molecule is O=C(O)C=Cc1cccc(S(=O)(=O)N2CCS(=O)CC2)c1. The summed E-state index contributed by atoms with van der Waals surface area (Å²) >= 11 is 0. The van der Waals surface area contributed by atoms with Crippen molar-refractivity contribution in [2.24, 2.45) is 0 Å². The second-order valence-electron chi connectivity index (χ2n) is 4.50. The van der Waals surface area contributed by atoms with Gasteiger partial charge in [-0.25, -0.2) is 13.2 Å². The summed E-state index contributed by atoms with van der Waals surface area (Å²) in [6.07, 6.45) is 2.29. The van der Waals surface area contributed by atoms with E-state index in [4.69, 9.17) is 5.11 Å². The first-order chi connectivity index (χ1) is 9.89. The van der Waals surface area contributed by atoms with E-state index in [1.165, 1.54) is 22.5 Å². The van der Waals surface area contributed by atoms with Crippen molar-refractivity contribution in [3.63, 3.8) is 0 Å². The summed E-state index contributed by atoms with van der Waals surface area (Å²) in [7, 11) is -4.58. The quantitative estimate of drug-likeness (QED) is 0.814. The van der Waals surface area contributed by atoms with Gasteiger partial charge < -0.3 is 5.11 Å². The highest BCUT2D eigenvalue weighted by molar-refractivity contribution is 7.89. The molecule has 2 rings (SSSR count). The third-order valence-electron chi connectivity index (χ3n) is 3.05. The molecule has 0 radical (unpaired) electrons. The van der Waals surface area contributed by atoms with E-state index in [2.05, 4.69) is 0 Å². The summed E-state index contributed by atoms with van der Waals surface area (Å²) in [5.41, 5.74) is 0.499. The molecule has 0 bridgehead atoms.